The Kier molecular flexibility index (Phi) is 4.56. The number of esters is 1. The smallest absolute Gasteiger partial charge is 0.384 e. The Morgan fingerprint density at radius 3 is 2.89 bits per heavy atom. The monoisotopic (exact) mass is 128 g/mol. The van der Waals surface area contributed by atoms with Crippen molar-refractivity contribution in [2.45, 2.75) is 6.92 Å². The number of aliphatic hydroxyl groups is 1. The second kappa shape index (κ2) is 5.13. The lowest BCUT2D eigenvalue weighted by Gasteiger charge is -1.89. The van der Waals surface area contributed by atoms with Gasteiger partial charge in [0.2, 0.25) is 0 Å². The van der Waals surface area contributed by atoms with Crippen LogP contribution < -0.4 is 0 Å². The molecule has 0 spiro atoms. The summed E-state index contributed by atoms with van der Waals surface area (Å²) >= 11 is 0. The van der Waals surface area contributed by atoms with E-state index in [0.29, 0.717) is 6.61 Å². The van der Waals surface area contributed by atoms with E-state index >= 15 is 0 Å². The van der Waals surface area contributed by atoms with Crippen molar-refractivity contribution in [3.05, 3.63) is 0 Å². The standard InChI is InChI=1S/C6H8O3/c1-2-9-6(8)4-3-5-7/h7H,2,5H2,1H3. The van der Waals surface area contributed by atoms with E-state index in [2.05, 4.69) is 16.6 Å². The maximum atomic E-state index is 10.3. The molecule has 3 nitrogen and oxygen atoms in total. The van der Waals surface area contributed by atoms with Crippen LogP contribution in [0.5, 0.6) is 0 Å². The molecular formula is C6H8O3. The van der Waals surface area contributed by atoms with E-state index in [1.807, 2.05) is 0 Å². The summed E-state index contributed by atoms with van der Waals surface area (Å²) in [6, 6.07) is 0. The predicted molar refractivity (Wildman–Crippen MR) is 31.5 cm³/mol. The first-order valence-corrected chi connectivity index (χ1v) is 2.57. The lowest BCUT2D eigenvalue weighted by atomic mass is 10.6. The van der Waals surface area contributed by atoms with Gasteiger partial charge in [0.05, 0.1) is 6.61 Å². The molecule has 0 bridgehead atoms. The van der Waals surface area contributed by atoms with Crippen molar-refractivity contribution in [1.82, 2.24) is 0 Å². The average molecular weight is 128 g/mol. The van der Waals surface area contributed by atoms with Crippen molar-refractivity contribution < 1.29 is 14.6 Å². The minimum absolute atomic E-state index is 0.307. The topological polar surface area (TPSA) is 46.5 Å². The van der Waals surface area contributed by atoms with Crippen molar-refractivity contribution >= 4 is 5.97 Å². The maximum absolute atomic E-state index is 10.3. The van der Waals surface area contributed by atoms with Crippen LogP contribution in [-0.4, -0.2) is 24.3 Å². The van der Waals surface area contributed by atoms with Gasteiger partial charge in [0.1, 0.15) is 6.61 Å². The molecule has 1 N–H and O–H groups in total. The molecule has 0 fully saturated rings. The molecule has 0 saturated heterocycles. The normalized spacial score (nSPS) is 7.33. The molecular weight excluding hydrogens is 120 g/mol. The summed E-state index contributed by atoms with van der Waals surface area (Å²) in [5.74, 6) is 3.64. The molecule has 0 radical (unpaired) electrons. The third-order valence-electron chi connectivity index (χ3n) is 0.545. The third kappa shape index (κ3) is 4.85. The Morgan fingerprint density at radius 1 is 1.78 bits per heavy atom. The zero-order chi connectivity index (χ0) is 7.11. The van der Waals surface area contributed by atoms with Gasteiger partial charge in [-0.2, -0.15) is 0 Å². The van der Waals surface area contributed by atoms with Crippen LogP contribution in [0, 0.1) is 11.8 Å². The fourth-order valence-corrected chi connectivity index (χ4v) is 0.279. The molecule has 3 heteroatoms. The van der Waals surface area contributed by atoms with E-state index in [9.17, 15) is 4.79 Å². The zero-order valence-corrected chi connectivity index (χ0v) is 5.18. The number of hydrogen-bond donors (Lipinski definition) is 1. The number of hydrogen-bond acceptors (Lipinski definition) is 3. The molecule has 0 aliphatic heterocycles. The van der Waals surface area contributed by atoms with E-state index in [0.717, 1.165) is 0 Å². The predicted octanol–water partition coefficient (Wildman–Crippen LogP) is -0.455. The first kappa shape index (κ1) is 7.99. The van der Waals surface area contributed by atoms with E-state index in [1.54, 1.807) is 6.92 Å². The summed E-state index contributed by atoms with van der Waals surface area (Å²) in [6.07, 6.45) is 0. The van der Waals surface area contributed by atoms with Crippen LogP contribution in [0.3, 0.4) is 0 Å². The summed E-state index contributed by atoms with van der Waals surface area (Å²) in [4.78, 5) is 10.3. The molecule has 0 aliphatic carbocycles. The highest BCUT2D eigenvalue weighted by Crippen LogP contribution is 1.72. The summed E-state index contributed by atoms with van der Waals surface area (Å²) in [6.45, 7) is 1.70. The fourth-order valence-electron chi connectivity index (χ4n) is 0.279. The largest absolute Gasteiger partial charge is 0.456 e. The van der Waals surface area contributed by atoms with Gasteiger partial charge in [-0.15, -0.1) is 0 Å². The first-order valence-electron chi connectivity index (χ1n) is 2.57. The van der Waals surface area contributed by atoms with Gasteiger partial charge in [-0.3, -0.25) is 0 Å². The van der Waals surface area contributed by atoms with Gasteiger partial charge in [0.25, 0.3) is 0 Å². The second-order valence-corrected chi connectivity index (χ2v) is 1.18. The summed E-state index contributed by atoms with van der Waals surface area (Å²) in [7, 11) is 0. The molecule has 0 atom stereocenters. The van der Waals surface area contributed by atoms with Gasteiger partial charge in [0.15, 0.2) is 0 Å². The Labute approximate surface area is 53.6 Å². The Morgan fingerprint density at radius 2 is 2.44 bits per heavy atom. The SMILES string of the molecule is CCOC(=O)C#CCO. The maximum Gasteiger partial charge on any atom is 0.384 e. The Balaban J connectivity index is 3.49. The Bertz CT molecular complexity index is 140. The highest BCUT2D eigenvalue weighted by molar-refractivity contribution is 5.88. The molecule has 0 rings (SSSR count). The number of ether oxygens (including phenoxy) is 1. The molecule has 0 aromatic rings. The molecule has 0 heterocycles. The van der Waals surface area contributed by atoms with Gasteiger partial charge in [-0.1, -0.05) is 5.92 Å². The van der Waals surface area contributed by atoms with Crippen LogP contribution in [0.1, 0.15) is 6.92 Å². The molecule has 50 valence electrons. The quantitative estimate of drug-likeness (QED) is 0.295. The average Bonchev–Trinajstić information content (AvgIpc) is 1.85. The van der Waals surface area contributed by atoms with Crippen molar-refractivity contribution in [3.8, 4) is 11.8 Å². The van der Waals surface area contributed by atoms with Crippen molar-refractivity contribution in [2.75, 3.05) is 13.2 Å². The van der Waals surface area contributed by atoms with Crippen LogP contribution >= 0.6 is 0 Å². The lowest BCUT2D eigenvalue weighted by Crippen LogP contribution is -1.99. The zero-order valence-electron chi connectivity index (χ0n) is 5.18. The van der Waals surface area contributed by atoms with Gasteiger partial charge >= 0.3 is 5.97 Å². The summed E-state index contributed by atoms with van der Waals surface area (Å²) in [5.41, 5.74) is 0. The highest BCUT2D eigenvalue weighted by atomic mass is 16.5. The fraction of sp³-hybridized carbons (Fsp3) is 0.500. The molecule has 0 amide bonds. The summed E-state index contributed by atoms with van der Waals surface area (Å²) in [5, 5.41) is 8.10. The van der Waals surface area contributed by atoms with Crippen LogP contribution in [0.4, 0.5) is 0 Å². The number of carbonyl (C=O) groups is 1. The molecule has 0 unspecified atom stereocenters. The minimum Gasteiger partial charge on any atom is -0.456 e. The second-order valence-electron chi connectivity index (χ2n) is 1.18. The van der Waals surface area contributed by atoms with Crippen molar-refractivity contribution in [2.24, 2.45) is 0 Å². The van der Waals surface area contributed by atoms with Crippen molar-refractivity contribution in [1.29, 1.82) is 0 Å². The third-order valence-corrected chi connectivity index (χ3v) is 0.545. The van der Waals surface area contributed by atoms with Crippen LogP contribution in [-0.2, 0) is 9.53 Å². The van der Waals surface area contributed by atoms with E-state index in [4.69, 9.17) is 5.11 Å². The van der Waals surface area contributed by atoms with Crippen LogP contribution in [0.25, 0.3) is 0 Å². The molecule has 0 aromatic carbocycles. The van der Waals surface area contributed by atoms with Crippen LogP contribution in [0.2, 0.25) is 0 Å². The molecule has 9 heavy (non-hydrogen) atoms. The molecule has 0 saturated carbocycles. The summed E-state index contributed by atoms with van der Waals surface area (Å²) < 4.78 is 4.42. The number of aliphatic hydroxyl groups excluding tert-OH is 1. The number of rotatable bonds is 1. The molecule has 0 aliphatic rings. The van der Waals surface area contributed by atoms with Gasteiger partial charge in [0, 0.05) is 5.92 Å². The van der Waals surface area contributed by atoms with Gasteiger partial charge < -0.3 is 9.84 Å². The number of carbonyl (C=O) groups excluding carboxylic acids is 1. The minimum atomic E-state index is -0.591. The van der Waals surface area contributed by atoms with E-state index in [-0.39, 0.29) is 6.61 Å². The van der Waals surface area contributed by atoms with E-state index < -0.39 is 5.97 Å². The first-order chi connectivity index (χ1) is 4.31. The lowest BCUT2D eigenvalue weighted by molar-refractivity contribution is -0.136. The van der Waals surface area contributed by atoms with E-state index in [1.165, 1.54) is 0 Å². The van der Waals surface area contributed by atoms with Gasteiger partial charge in [-0.05, 0) is 6.92 Å². The van der Waals surface area contributed by atoms with Crippen LogP contribution in [0.15, 0.2) is 0 Å². The Hall–Kier alpha value is -1.01. The van der Waals surface area contributed by atoms with Gasteiger partial charge in [-0.25, -0.2) is 4.79 Å². The molecule has 0 aromatic heterocycles. The highest BCUT2D eigenvalue weighted by Gasteiger charge is 1.89. The van der Waals surface area contributed by atoms with Crippen molar-refractivity contribution in [3.63, 3.8) is 0 Å².